The monoisotopic (exact) mass is 231 g/mol. The Bertz CT molecular complexity index is 581. The molecule has 0 unspecified atom stereocenters. The third kappa shape index (κ3) is 1.82. The fourth-order valence-electron chi connectivity index (χ4n) is 2.36. The predicted octanol–water partition coefficient (Wildman–Crippen LogP) is 3.37. The number of hydrogen-bond acceptors (Lipinski definition) is 1. The van der Waals surface area contributed by atoms with Crippen molar-refractivity contribution in [3.8, 4) is 0 Å². The lowest BCUT2D eigenvalue weighted by molar-refractivity contribution is 0.0698. The minimum atomic E-state index is -0.844. The van der Waals surface area contributed by atoms with Crippen LogP contribution in [0.3, 0.4) is 0 Å². The number of hydrogen-bond donors (Lipinski definition) is 1. The van der Waals surface area contributed by atoms with Gasteiger partial charge in [0.2, 0.25) is 0 Å². The lowest BCUT2D eigenvalue weighted by atomic mass is 10.0. The van der Waals surface area contributed by atoms with E-state index in [1.807, 2.05) is 32.2 Å². The van der Waals surface area contributed by atoms with Gasteiger partial charge in [0, 0.05) is 18.1 Å². The number of benzene rings is 1. The van der Waals surface area contributed by atoms with Gasteiger partial charge in [-0.3, -0.25) is 0 Å². The van der Waals surface area contributed by atoms with Crippen molar-refractivity contribution in [3.63, 3.8) is 0 Å². The van der Waals surface area contributed by atoms with E-state index < -0.39 is 5.97 Å². The van der Waals surface area contributed by atoms with Gasteiger partial charge in [0.1, 0.15) is 0 Å². The van der Waals surface area contributed by atoms with Gasteiger partial charge in [-0.2, -0.15) is 0 Å². The summed E-state index contributed by atoms with van der Waals surface area (Å²) < 4.78 is 2.06. The molecule has 2 rings (SSSR count). The number of carboxylic acid groups (broad SMARTS) is 1. The number of fused-ring (bicyclic) bond motifs is 1. The highest BCUT2D eigenvalue weighted by Gasteiger charge is 2.16. The summed E-state index contributed by atoms with van der Waals surface area (Å²) in [6.07, 6.45) is 3.04. The Morgan fingerprint density at radius 1 is 1.29 bits per heavy atom. The third-order valence-electron chi connectivity index (χ3n) is 3.13. The smallest absolute Gasteiger partial charge is 0.338 e. The summed E-state index contributed by atoms with van der Waals surface area (Å²) in [7, 11) is 0. The minimum absolute atomic E-state index is 0.434. The second-order valence-electron chi connectivity index (χ2n) is 4.46. The van der Waals surface area contributed by atoms with E-state index >= 15 is 0 Å². The van der Waals surface area contributed by atoms with E-state index in [-0.39, 0.29) is 0 Å². The Kier molecular flexibility index (Phi) is 2.92. The van der Waals surface area contributed by atoms with Gasteiger partial charge in [-0.25, -0.2) is 4.79 Å². The molecule has 0 atom stereocenters. The van der Waals surface area contributed by atoms with E-state index in [0.29, 0.717) is 5.56 Å². The topological polar surface area (TPSA) is 42.2 Å². The van der Waals surface area contributed by atoms with Crippen LogP contribution < -0.4 is 0 Å². The molecule has 1 aromatic heterocycles. The van der Waals surface area contributed by atoms with Crippen LogP contribution in [0.25, 0.3) is 10.9 Å². The van der Waals surface area contributed by atoms with E-state index in [9.17, 15) is 9.90 Å². The first-order valence-corrected chi connectivity index (χ1v) is 5.88. The van der Waals surface area contributed by atoms with Gasteiger partial charge in [0.05, 0.1) is 11.1 Å². The molecule has 0 bridgehead atoms. The average molecular weight is 231 g/mol. The van der Waals surface area contributed by atoms with Gasteiger partial charge >= 0.3 is 5.97 Å². The summed E-state index contributed by atoms with van der Waals surface area (Å²) in [5.74, 6) is -0.844. The molecule has 0 amide bonds. The van der Waals surface area contributed by atoms with Gasteiger partial charge in [-0.1, -0.05) is 19.1 Å². The van der Waals surface area contributed by atoms with E-state index in [1.165, 1.54) is 0 Å². The van der Waals surface area contributed by atoms with Crippen LogP contribution in [-0.2, 0) is 6.54 Å². The Morgan fingerprint density at radius 3 is 2.59 bits per heavy atom. The van der Waals surface area contributed by atoms with E-state index in [2.05, 4.69) is 11.5 Å². The second-order valence-corrected chi connectivity index (χ2v) is 4.46. The molecule has 0 radical (unpaired) electrons. The van der Waals surface area contributed by atoms with Crippen molar-refractivity contribution < 1.29 is 9.90 Å². The molecule has 0 aliphatic heterocycles. The molecular formula is C14H17NO2. The highest BCUT2D eigenvalue weighted by molar-refractivity contribution is 6.04. The van der Waals surface area contributed by atoms with Crippen LogP contribution in [-0.4, -0.2) is 15.6 Å². The molecular weight excluding hydrogens is 214 g/mol. The molecule has 2 aromatic rings. The molecule has 0 aliphatic rings. The number of aromatic carboxylic acids is 1. The highest BCUT2D eigenvalue weighted by atomic mass is 16.4. The van der Waals surface area contributed by atoms with Gasteiger partial charge in [0.25, 0.3) is 0 Å². The molecule has 0 aliphatic carbocycles. The second kappa shape index (κ2) is 4.24. The molecule has 90 valence electrons. The molecule has 17 heavy (non-hydrogen) atoms. The van der Waals surface area contributed by atoms with Gasteiger partial charge < -0.3 is 9.67 Å². The summed E-state index contributed by atoms with van der Waals surface area (Å²) in [6, 6.07) is 3.90. The standard InChI is InChI=1S/C14H17NO2/c1-4-7-15-8-10(3)11-6-5-9(2)12(13(11)15)14(16)17/h5-6,8H,4,7H2,1-3H3,(H,16,17). The van der Waals surface area contributed by atoms with Crippen LogP contribution in [0.2, 0.25) is 0 Å². The Hall–Kier alpha value is -1.77. The van der Waals surface area contributed by atoms with Crippen LogP contribution in [0.15, 0.2) is 18.3 Å². The largest absolute Gasteiger partial charge is 0.478 e. The fourth-order valence-corrected chi connectivity index (χ4v) is 2.36. The van der Waals surface area contributed by atoms with E-state index in [1.54, 1.807) is 0 Å². The third-order valence-corrected chi connectivity index (χ3v) is 3.13. The molecule has 1 N–H and O–H groups in total. The van der Waals surface area contributed by atoms with Crippen LogP contribution >= 0.6 is 0 Å². The van der Waals surface area contributed by atoms with Crippen molar-refractivity contribution in [1.29, 1.82) is 0 Å². The highest BCUT2D eigenvalue weighted by Crippen LogP contribution is 2.27. The Balaban J connectivity index is 2.85. The van der Waals surface area contributed by atoms with Gasteiger partial charge in [-0.05, 0) is 31.4 Å². The zero-order valence-corrected chi connectivity index (χ0v) is 10.4. The molecule has 1 aromatic carbocycles. The average Bonchev–Trinajstić information content (AvgIpc) is 2.56. The van der Waals surface area contributed by atoms with E-state index in [4.69, 9.17) is 0 Å². The van der Waals surface area contributed by atoms with Crippen LogP contribution in [0.4, 0.5) is 0 Å². The Labute approximate surface area is 101 Å². The first-order valence-electron chi connectivity index (χ1n) is 5.88. The number of aromatic nitrogens is 1. The maximum atomic E-state index is 11.4. The van der Waals surface area contributed by atoms with Crippen LogP contribution in [0.1, 0.15) is 34.8 Å². The first-order chi connectivity index (χ1) is 8.06. The maximum absolute atomic E-state index is 11.4. The van der Waals surface area contributed by atoms with Gasteiger partial charge in [-0.15, -0.1) is 0 Å². The molecule has 3 heteroatoms. The molecule has 0 spiro atoms. The quantitative estimate of drug-likeness (QED) is 0.880. The zero-order valence-electron chi connectivity index (χ0n) is 10.4. The first kappa shape index (κ1) is 11.7. The maximum Gasteiger partial charge on any atom is 0.338 e. The predicted molar refractivity (Wildman–Crippen MR) is 68.7 cm³/mol. The van der Waals surface area contributed by atoms with Crippen molar-refractivity contribution in [2.75, 3.05) is 0 Å². The minimum Gasteiger partial charge on any atom is -0.478 e. The van der Waals surface area contributed by atoms with Crippen molar-refractivity contribution in [2.45, 2.75) is 33.7 Å². The molecule has 3 nitrogen and oxygen atoms in total. The number of carboxylic acids is 1. The summed E-state index contributed by atoms with van der Waals surface area (Å²) in [6.45, 7) is 6.82. The number of rotatable bonds is 3. The zero-order chi connectivity index (χ0) is 12.6. The van der Waals surface area contributed by atoms with E-state index in [0.717, 1.165) is 35.0 Å². The van der Waals surface area contributed by atoms with Crippen molar-refractivity contribution >= 4 is 16.9 Å². The molecule has 0 fully saturated rings. The lowest BCUT2D eigenvalue weighted by Crippen LogP contribution is -2.05. The summed E-state index contributed by atoms with van der Waals surface area (Å²) in [4.78, 5) is 11.4. The van der Waals surface area contributed by atoms with Crippen LogP contribution in [0.5, 0.6) is 0 Å². The van der Waals surface area contributed by atoms with Crippen LogP contribution in [0, 0.1) is 13.8 Å². The summed E-state index contributed by atoms with van der Waals surface area (Å²) >= 11 is 0. The lowest BCUT2D eigenvalue weighted by Gasteiger charge is -2.08. The summed E-state index contributed by atoms with van der Waals surface area (Å²) in [5, 5.41) is 10.4. The molecule has 0 saturated carbocycles. The van der Waals surface area contributed by atoms with Crippen molar-refractivity contribution in [2.24, 2.45) is 0 Å². The summed E-state index contributed by atoms with van der Waals surface area (Å²) in [5.41, 5.74) is 3.25. The van der Waals surface area contributed by atoms with Crippen molar-refractivity contribution in [3.05, 3.63) is 35.0 Å². The number of aryl methyl sites for hydroxylation is 3. The normalized spacial score (nSPS) is 11.0. The number of nitrogens with zero attached hydrogens (tertiary/aromatic N) is 1. The molecule has 0 saturated heterocycles. The molecule has 1 heterocycles. The van der Waals surface area contributed by atoms with Gasteiger partial charge in [0.15, 0.2) is 0 Å². The SMILES string of the molecule is CCCn1cc(C)c2ccc(C)c(C(=O)O)c21. The number of carbonyl (C=O) groups is 1. The fraction of sp³-hybridized carbons (Fsp3) is 0.357. The van der Waals surface area contributed by atoms with Crippen molar-refractivity contribution in [1.82, 2.24) is 4.57 Å². The Morgan fingerprint density at radius 2 is 2.00 bits per heavy atom.